The van der Waals surface area contributed by atoms with Crippen LogP contribution in [0, 0.1) is 11.8 Å². The number of hydrogen-bond acceptors (Lipinski definition) is 9. The van der Waals surface area contributed by atoms with Crippen LogP contribution in [0.25, 0.3) is 0 Å². The summed E-state index contributed by atoms with van der Waals surface area (Å²) in [5.74, 6) is -0.461. The molecule has 0 aliphatic carbocycles. The average Bonchev–Trinajstić information content (AvgIpc) is 3.42. The predicted octanol–water partition coefficient (Wildman–Crippen LogP) is 7.47. The number of likely N-dealkylation sites (tertiary alicyclic amines) is 2. The highest BCUT2D eigenvalue weighted by Crippen LogP contribution is 2.34. The molecule has 1 amide bonds. The van der Waals surface area contributed by atoms with Gasteiger partial charge in [0, 0.05) is 37.5 Å². The van der Waals surface area contributed by atoms with Crippen LogP contribution in [0.5, 0.6) is 0 Å². The van der Waals surface area contributed by atoms with Crippen molar-refractivity contribution in [3.05, 3.63) is 48.1 Å². The lowest BCUT2D eigenvalue weighted by atomic mass is 9.89. The molecule has 7 unspecified atom stereocenters. The molecule has 52 heavy (non-hydrogen) atoms. The SMILES string of the molecule is COC(=O)/C=C1\CC2CC(=O)OC(/C=C/C=C\CCOC(=O)N3CCC(N4CCCCCC4)CC3)C(C)/C=C/C(C)CC3CCCC(CC(C1)O2)O3. The number of amides is 1. The van der Waals surface area contributed by atoms with Gasteiger partial charge in [0.1, 0.15) is 6.10 Å². The predicted molar refractivity (Wildman–Crippen MR) is 201 cm³/mol. The number of methoxy groups -OCH3 is 1. The molecule has 5 rings (SSSR count). The highest BCUT2D eigenvalue weighted by atomic mass is 16.6. The summed E-state index contributed by atoms with van der Waals surface area (Å²) >= 11 is 0. The largest absolute Gasteiger partial charge is 0.466 e. The average molecular weight is 725 g/mol. The number of carbonyl (C=O) groups excluding carboxylic acids is 3. The molecule has 7 atom stereocenters. The number of rotatable bonds is 7. The molecule has 0 aromatic carbocycles. The van der Waals surface area contributed by atoms with E-state index in [-0.39, 0.29) is 42.7 Å². The molecule has 10 heteroatoms. The van der Waals surface area contributed by atoms with Crippen LogP contribution >= 0.6 is 0 Å². The number of fused-ring (bicyclic) bond motifs is 4. The fourth-order valence-corrected chi connectivity index (χ4v) is 8.46. The quantitative estimate of drug-likeness (QED) is 0.0661. The molecular formula is C42H64N2O8. The van der Waals surface area contributed by atoms with Gasteiger partial charge in [0.15, 0.2) is 0 Å². The van der Waals surface area contributed by atoms with Crippen LogP contribution in [-0.4, -0.2) is 104 Å². The minimum absolute atomic E-state index is 0.0526. The van der Waals surface area contributed by atoms with Crippen molar-refractivity contribution < 1.29 is 38.1 Å². The first-order valence-corrected chi connectivity index (χ1v) is 20.2. The molecule has 290 valence electrons. The number of allylic oxidation sites excluding steroid dienone is 3. The molecule has 0 spiro atoms. The molecule has 0 aromatic heterocycles. The van der Waals surface area contributed by atoms with Crippen LogP contribution in [0.4, 0.5) is 4.79 Å². The normalized spacial score (nSPS) is 33.4. The van der Waals surface area contributed by atoms with Gasteiger partial charge in [-0.1, -0.05) is 62.6 Å². The van der Waals surface area contributed by atoms with Crippen molar-refractivity contribution in [3.8, 4) is 0 Å². The van der Waals surface area contributed by atoms with Gasteiger partial charge in [-0.25, -0.2) is 9.59 Å². The first-order chi connectivity index (χ1) is 25.2. The molecule has 5 aliphatic heterocycles. The summed E-state index contributed by atoms with van der Waals surface area (Å²) in [6, 6.07) is 0.590. The first kappa shape index (κ1) is 40.2. The van der Waals surface area contributed by atoms with Crippen molar-refractivity contribution in [2.24, 2.45) is 11.8 Å². The summed E-state index contributed by atoms with van der Waals surface area (Å²) in [4.78, 5) is 42.7. The van der Waals surface area contributed by atoms with Crippen molar-refractivity contribution in [1.29, 1.82) is 0 Å². The Bertz CT molecular complexity index is 1260. The maximum absolute atomic E-state index is 13.4. The number of carbonyl (C=O) groups is 3. The Labute approximate surface area is 311 Å². The Morgan fingerprint density at radius 1 is 0.827 bits per heavy atom. The lowest BCUT2D eigenvalue weighted by Gasteiger charge is -2.37. The summed E-state index contributed by atoms with van der Waals surface area (Å²) < 4.78 is 29.6. The van der Waals surface area contributed by atoms with E-state index in [0.29, 0.717) is 37.8 Å². The Balaban J connectivity index is 1.13. The van der Waals surface area contributed by atoms with E-state index in [0.717, 1.165) is 63.6 Å². The Morgan fingerprint density at radius 2 is 1.54 bits per heavy atom. The Morgan fingerprint density at radius 3 is 2.29 bits per heavy atom. The lowest BCUT2D eigenvalue weighted by molar-refractivity contribution is -0.154. The van der Waals surface area contributed by atoms with Gasteiger partial charge in [-0.2, -0.15) is 0 Å². The van der Waals surface area contributed by atoms with E-state index in [1.54, 1.807) is 6.08 Å². The van der Waals surface area contributed by atoms with Gasteiger partial charge in [0.25, 0.3) is 0 Å². The van der Waals surface area contributed by atoms with Crippen LogP contribution < -0.4 is 0 Å². The third-order valence-corrected chi connectivity index (χ3v) is 11.3. The molecule has 10 nitrogen and oxygen atoms in total. The summed E-state index contributed by atoms with van der Waals surface area (Å²) in [7, 11) is 1.38. The fraction of sp³-hybridized carbons (Fsp3) is 0.738. The van der Waals surface area contributed by atoms with E-state index < -0.39 is 18.2 Å². The summed E-state index contributed by atoms with van der Waals surface area (Å²) in [5.41, 5.74) is 0.930. The number of esters is 2. The van der Waals surface area contributed by atoms with E-state index in [1.807, 2.05) is 29.2 Å². The minimum atomic E-state index is -0.469. The summed E-state index contributed by atoms with van der Waals surface area (Å²) in [5, 5.41) is 0. The van der Waals surface area contributed by atoms with Gasteiger partial charge in [-0.05, 0) is 95.7 Å². The summed E-state index contributed by atoms with van der Waals surface area (Å²) in [6.45, 7) is 8.51. The second-order valence-electron chi connectivity index (χ2n) is 15.7. The smallest absolute Gasteiger partial charge is 0.409 e. The van der Waals surface area contributed by atoms with E-state index in [1.165, 1.54) is 45.9 Å². The van der Waals surface area contributed by atoms with Crippen molar-refractivity contribution in [3.63, 3.8) is 0 Å². The first-order valence-electron chi connectivity index (χ1n) is 20.2. The highest BCUT2D eigenvalue weighted by molar-refractivity contribution is 5.82. The molecule has 0 saturated carbocycles. The number of cyclic esters (lactones) is 1. The van der Waals surface area contributed by atoms with E-state index >= 15 is 0 Å². The van der Waals surface area contributed by atoms with Gasteiger partial charge in [0.05, 0.1) is 44.6 Å². The summed E-state index contributed by atoms with van der Waals surface area (Å²) in [6.07, 6.45) is 26.6. The third kappa shape index (κ3) is 13.2. The third-order valence-electron chi connectivity index (χ3n) is 11.3. The van der Waals surface area contributed by atoms with Gasteiger partial charge >= 0.3 is 18.0 Å². The standard InChI is InChI=1S/C42H64N2O8/c1-31-16-17-32(2)39(15-8-4-7-11-24-49-42(47)44-22-18-34(19-23-44)43-20-9-5-6-10-21-43)52-41(46)30-38-27-33(28-40(45)48-3)26-37(51-38)29-36-14-12-13-35(25-31)50-36/h4,7-8,15-17,28,31-32,34-39H,5-6,9-14,18-27,29-30H2,1-3H3/b7-4-,15-8+,17-16+,33-28-. The van der Waals surface area contributed by atoms with Crippen LogP contribution in [-0.2, 0) is 33.3 Å². The Kier molecular flexibility index (Phi) is 16.3. The van der Waals surface area contributed by atoms with Crippen LogP contribution in [0.2, 0.25) is 0 Å². The monoisotopic (exact) mass is 724 g/mol. The topological polar surface area (TPSA) is 104 Å². The number of nitrogens with zero attached hydrogens (tertiary/aromatic N) is 2. The van der Waals surface area contributed by atoms with Crippen molar-refractivity contribution >= 4 is 18.0 Å². The molecule has 0 aromatic rings. The molecule has 4 bridgehead atoms. The number of hydrogen-bond donors (Lipinski definition) is 0. The zero-order chi connectivity index (χ0) is 36.7. The molecule has 4 saturated heterocycles. The number of piperidine rings is 1. The highest BCUT2D eigenvalue weighted by Gasteiger charge is 2.33. The van der Waals surface area contributed by atoms with Gasteiger partial charge in [-0.3, -0.25) is 4.79 Å². The molecule has 0 radical (unpaired) electrons. The zero-order valence-electron chi connectivity index (χ0n) is 32.0. The molecule has 5 aliphatic rings. The van der Waals surface area contributed by atoms with E-state index in [9.17, 15) is 14.4 Å². The molecule has 5 heterocycles. The van der Waals surface area contributed by atoms with E-state index in [4.69, 9.17) is 23.7 Å². The van der Waals surface area contributed by atoms with Crippen LogP contribution in [0.3, 0.4) is 0 Å². The van der Waals surface area contributed by atoms with Gasteiger partial charge < -0.3 is 33.5 Å². The molecule has 4 fully saturated rings. The second kappa shape index (κ2) is 21.1. The van der Waals surface area contributed by atoms with Crippen molar-refractivity contribution in [2.75, 3.05) is 39.9 Å². The lowest BCUT2D eigenvalue weighted by Crippen LogP contribution is -2.47. The van der Waals surface area contributed by atoms with Gasteiger partial charge in [-0.15, -0.1) is 0 Å². The maximum Gasteiger partial charge on any atom is 0.409 e. The Hall–Kier alpha value is -2.95. The zero-order valence-corrected chi connectivity index (χ0v) is 32.0. The fourth-order valence-electron chi connectivity index (χ4n) is 8.46. The van der Waals surface area contributed by atoms with Gasteiger partial charge in [0.2, 0.25) is 0 Å². The maximum atomic E-state index is 13.4. The number of ether oxygens (including phenoxy) is 5. The second-order valence-corrected chi connectivity index (χ2v) is 15.7. The minimum Gasteiger partial charge on any atom is -0.466 e. The van der Waals surface area contributed by atoms with Crippen molar-refractivity contribution in [1.82, 2.24) is 9.80 Å². The molecular weight excluding hydrogens is 660 g/mol. The van der Waals surface area contributed by atoms with Crippen LogP contribution in [0.15, 0.2) is 48.1 Å². The molecule has 0 N–H and O–H groups in total. The van der Waals surface area contributed by atoms with E-state index in [2.05, 4.69) is 30.9 Å². The van der Waals surface area contributed by atoms with Crippen LogP contribution in [0.1, 0.15) is 110 Å². The van der Waals surface area contributed by atoms with Crippen molar-refractivity contribution in [2.45, 2.75) is 147 Å².